The monoisotopic (exact) mass is 419 g/mol. The molecule has 0 spiro atoms. The van der Waals surface area contributed by atoms with E-state index in [0.29, 0.717) is 5.70 Å². The zero-order valence-electron chi connectivity index (χ0n) is 16.1. The molecule has 0 saturated carbocycles. The summed E-state index contributed by atoms with van der Waals surface area (Å²) in [6.07, 6.45) is 3.82. The van der Waals surface area contributed by atoms with Crippen molar-refractivity contribution < 1.29 is 33.2 Å². The lowest BCUT2D eigenvalue weighted by Crippen LogP contribution is -2.76. The lowest BCUT2D eigenvalue weighted by Gasteiger charge is -2.34. The van der Waals surface area contributed by atoms with Crippen molar-refractivity contribution in [3.63, 3.8) is 0 Å². The van der Waals surface area contributed by atoms with E-state index in [1.807, 2.05) is 47.9 Å². The highest BCUT2D eigenvalue weighted by atomic mass is 19.4. The number of likely N-dealkylation sites (tertiary alicyclic amines) is 1. The number of nitrogens with one attached hydrogen (secondary N) is 1. The number of benzene rings is 1. The maximum absolute atomic E-state index is 12.7. The first kappa shape index (κ1) is 21.5. The van der Waals surface area contributed by atoms with Gasteiger partial charge in [-0.2, -0.15) is 13.2 Å². The maximum atomic E-state index is 12.7. The van der Waals surface area contributed by atoms with Gasteiger partial charge >= 0.3 is 6.18 Å². The Morgan fingerprint density at radius 3 is 2.60 bits per heavy atom. The van der Waals surface area contributed by atoms with Gasteiger partial charge in [0.1, 0.15) is 12.2 Å². The lowest BCUT2D eigenvalue weighted by atomic mass is 9.86. The van der Waals surface area contributed by atoms with Gasteiger partial charge in [-0.05, 0) is 31.2 Å². The predicted octanol–water partition coefficient (Wildman–Crippen LogP) is 0.431. The number of carboxylic acid groups (broad SMARTS) is 1. The number of alkyl halides is 3. The fourth-order valence-electron chi connectivity index (χ4n) is 3.45. The molecule has 0 aromatic heterocycles. The van der Waals surface area contributed by atoms with E-state index in [9.17, 15) is 18.0 Å². The molecule has 1 aliphatic carbocycles. The van der Waals surface area contributed by atoms with Crippen LogP contribution in [0.3, 0.4) is 0 Å². The van der Waals surface area contributed by atoms with E-state index in [2.05, 4.69) is 29.5 Å². The number of rotatable bonds is 3. The molecule has 2 aliphatic heterocycles. The molecular formula is C21H20F3N3O3. The molecule has 158 valence electrons. The van der Waals surface area contributed by atoms with E-state index >= 15 is 0 Å². The minimum absolute atomic E-state index is 0.0931. The Bertz CT molecular complexity index is 963. The smallest absolute Gasteiger partial charge is 0.430 e. The Hall–Kier alpha value is -3.17. The quantitative estimate of drug-likeness (QED) is 0.742. The van der Waals surface area contributed by atoms with Gasteiger partial charge in [0.2, 0.25) is 0 Å². The molecule has 1 fully saturated rings. The fourth-order valence-corrected chi connectivity index (χ4v) is 3.45. The number of Topliss-reactive ketones (excluding diaryl/α,β-unsaturated/α-hetero) is 1. The van der Waals surface area contributed by atoms with Gasteiger partial charge < -0.3 is 15.2 Å². The largest absolute Gasteiger partial charge is 0.542 e. The van der Waals surface area contributed by atoms with Crippen LogP contribution in [-0.4, -0.2) is 42.5 Å². The van der Waals surface area contributed by atoms with E-state index in [1.54, 1.807) is 0 Å². The Kier molecular flexibility index (Phi) is 6.23. The van der Waals surface area contributed by atoms with E-state index < -0.39 is 12.1 Å². The number of hydrogen-bond acceptors (Lipinski definition) is 5. The summed E-state index contributed by atoms with van der Waals surface area (Å²) < 4.78 is 31.5. The van der Waals surface area contributed by atoms with E-state index in [1.165, 1.54) is 11.1 Å². The number of halogens is 3. The minimum atomic E-state index is -5.19. The number of nitrogens with zero attached hydrogens (tertiary/aromatic N) is 1. The molecule has 0 bridgehead atoms. The number of ketones is 1. The molecule has 1 saturated heterocycles. The van der Waals surface area contributed by atoms with Gasteiger partial charge in [-0.15, -0.1) is 0 Å². The number of aliphatic carboxylic acids is 1. The van der Waals surface area contributed by atoms with Crippen molar-refractivity contribution in [3.8, 4) is 0 Å². The standard InChI is InChI=1S/C19H19N3O.C2HF3O2/c1-22-10-8-14-12-21-18-17(14)16(22)11-15(19(18)23)20-9-7-13-5-3-2-4-6-13;3-2(4,5)1(6)7/h2-7,9,11-12,16,20-21H,8,10H2,1H3;(H,6,7)/b9-7+;. The molecule has 0 radical (unpaired) electrons. The maximum Gasteiger partial charge on any atom is 0.430 e. The first-order valence-corrected chi connectivity index (χ1v) is 9.20. The molecule has 4 rings (SSSR count). The molecule has 3 aliphatic rings. The molecule has 3 N–H and O–H groups in total. The van der Waals surface area contributed by atoms with Crippen LogP contribution >= 0.6 is 0 Å². The van der Waals surface area contributed by atoms with Gasteiger partial charge in [-0.3, -0.25) is 15.0 Å². The van der Waals surface area contributed by atoms with Gasteiger partial charge in [0.25, 0.3) is 5.78 Å². The van der Waals surface area contributed by atoms with Crippen LogP contribution in [0.1, 0.15) is 12.0 Å². The van der Waals surface area contributed by atoms with Gasteiger partial charge in [-0.25, -0.2) is 0 Å². The Labute approximate surface area is 171 Å². The molecule has 6 nitrogen and oxygen atoms in total. The number of carboxylic acids is 1. The highest BCUT2D eigenvalue weighted by Crippen LogP contribution is 2.34. The number of nitrogens with two attached hydrogens (primary N) is 1. The van der Waals surface area contributed by atoms with Crippen molar-refractivity contribution >= 4 is 17.8 Å². The molecule has 1 aromatic carbocycles. The van der Waals surface area contributed by atoms with Crippen molar-refractivity contribution in [2.24, 2.45) is 0 Å². The summed E-state index contributed by atoms with van der Waals surface area (Å²) >= 11 is 0. The summed E-state index contributed by atoms with van der Waals surface area (Å²) in [5.74, 6) is -2.91. The van der Waals surface area contributed by atoms with Crippen molar-refractivity contribution in [1.29, 1.82) is 0 Å². The fraction of sp³-hybridized carbons (Fsp3) is 0.238. The number of quaternary nitrogens is 1. The third-order valence-corrected chi connectivity index (χ3v) is 4.95. The van der Waals surface area contributed by atoms with Crippen LogP contribution in [0.4, 0.5) is 13.2 Å². The van der Waals surface area contributed by atoms with Gasteiger partial charge in [0.15, 0.2) is 5.70 Å². The molecule has 0 amide bonds. The molecule has 30 heavy (non-hydrogen) atoms. The number of carbonyl (C=O) groups is 2. The van der Waals surface area contributed by atoms with Crippen LogP contribution in [0.2, 0.25) is 0 Å². The van der Waals surface area contributed by atoms with Gasteiger partial charge in [0.05, 0.1) is 11.7 Å². The number of likely N-dealkylation sites (N-methyl/N-ethyl adjacent to an activating group) is 1. The highest BCUT2D eigenvalue weighted by Gasteiger charge is 2.41. The summed E-state index contributed by atoms with van der Waals surface area (Å²) in [7, 11) is 2.12. The van der Waals surface area contributed by atoms with Crippen LogP contribution < -0.4 is 15.7 Å². The second-order valence-electron chi connectivity index (χ2n) is 6.94. The molecule has 1 unspecified atom stereocenters. The van der Waals surface area contributed by atoms with Crippen molar-refractivity contribution in [3.05, 3.63) is 76.9 Å². The second-order valence-corrected chi connectivity index (χ2v) is 6.94. The zero-order valence-corrected chi connectivity index (χ0v) is 16.1. The number of piperidine rings is 1. The summed E-state index contributed by atoms with van der Waals surface area (Å²) in [4.78, 5) is 23.8. The van der Waals surface area contributed by atoms with E-state index in [-0.39, 0.29) is 11.8 Å². The van der Waals surface area contributed by atoms with Crippen LogP contribution in [-0.2, 0) is 9.59 Å². The van der Waals surface area contributed by atoms with E-state index in [0.717, 1.165) is 24.2 Å². The molecular weight excluding hydrogens is 399 g/mol. The molecule has 9 heteroatoms. The van der Waals surface area contributed by atoms with E-state index in [4.69, 9.17) is 9.90 Å². The van der Waals surface area contributed by atoms with Crippen LogP contribution in [0.25, 0.3) is 6.08 Å². The average molecular weight is 419 g/mol. The summed E-state index contributed by atoms with van der Waals surface area (Å²) in [5.41, 5.74) is 5.16. The van der Waals surface area contributed by atoms with Crippen LogP contribution in [0.5, 0.6) is 0 Å². The topological polar surface area (TPSA) is 89.1 Å². The molecule has 2 heterocycles. The Balaban J connectivity index is 0.000000318. The predicted molar refractivity (Wildman–Crippen MR) is 101 cm³/mol. The van der Waals surface area contributed by atoms with Gasteiger partial charge in [0, 0.05) is 23.9 Å². The molecule has 1 atom stereocenters. The van der Waals surface area contributed by atoms with Crippen LogP contribution in [0, 0.1) is 0 Å². The summed E-state index contributed by atoms with van der Waals surface area (Å²) in [6.45, 7) is 1.03. The minimum Gasteiger partial charge on any atom is -0.542 e. The highest BCUT2D eigenvalue weighted by molar-refractivity contribution is 6.08. The van der Waals surface area contributed by atoms with Crippen LogP contribution in [0.15, 0.2) is 71.3 Å². The Morgan fingerprint density at radius 2 is 1.97 bits per heavy atom. The van der Waals surface area contributed by atoms with Crippen molar-refractivity contribution in [1.82, 2.24) is 10.2 Å². The van der Waals surface area contributed by atoms with Crippen molar-refractivity contribution in [2.45, 2.75) is 18.6 Å². The summed E-state index contributed by atoms with van der Waals surface area (Å²) in [5, 5.41) is 13.9. The number of hydrogen-bond donors (Lipinski definition) is 2. The average Bonchev–Trinajstić information content (AvgIpc) is 3.13. The zero-order chi connectivity index (χ0) is 21.9. The van der Waals surface area contributed by atoms with Gasteiger partial charge in [-0.1, -0.05) is 30.3 Å². The van der Waals surface area contributed by atoms with Crippen molar-refractivity contribution in [2.75, 3.05) is 13.6 Å². The third-order valence-electron chi connectivity index (χ3n) is 4.95. The SMILES string of the molecule is CN1CCC2=C[NH2+]C3=C2C1C=C(N/C=C/c1ccccc1)C3=O.O=C([O-])C(F)(F)F. The summed E-state index contributed by atoms with van der Waals surface area (Å²) in [6, 6.07) is 10.3. The molecule has 1 aromatic rings. The third kappa shape index (κ3) is 4.69. The lowest BCUT2D eigenvalue weighted by molar-refractivity contribution is -0.525. The first-order chi connectivity index (χ1) is 14.2. The first-order valence-electron chi connectivity index (χ1n) is 9.20. The Morgan fingerprint density at radius 1 is 1.30 bits per heavy atom. The second kappa shape index (κ2) is 8.68. The number of carbonyl (C=O) groups excluding carboxylic acids is 2. The normalized spacial score (nSPS) is 20.9.